The van der Waals surface area contributed by atoms with Gasteiger partial charge in [-0.2, -0.15) is 0 Å². The Labute approximate surface area is 172 Å². The fourth-order valence-electron chi connectivity index (χ4n) is 3.41. The molecule has 5 rings (SSSR count). The summed E-state index contributed by atoms with van der Waals surface area (Å²) in [6, 6.07) is 7.34. The molecule has 0 radical (unpaired) electrons. The SMILES string of the molecule is CCNc1ncc(-c2nc3cc(OC)ccc3o2)c2cc(NC(=O)C3CC3)ncc12. The van der Waals surface area contributed by atoms with E-state index >= 15 is 0 Å². The number of oxazole rings is 1. The first-order valence-electron chi connectivity index (χ1n) is 9.94. The van der Waals surface area contributed by atoms with Crippen molar-refractivity contribution in [1.82, 2.24) is 15.0 Å². The van der Waals surface area contributed by atoms with Crippen molar-refractivity contribution in [2.75, 3.05) is 24.3 Å². The second-order valence-corrected chi connectivity index (χ2v) is 7.28. The van der Waals surface area contributed by atoms with Gasteiger partial charge >= 0.3 is 0 Å². The van der Waals surface area contributed by atoms with Crippen LogP contribution in [0.3, 0.4) is 0 Å². The molecule has 0 saturated heterocycles. The minimum absolute atomic E-state index is 0.0123. The molecule has 1 fully saturated rings. The predicted octanol–water partition coefficient (Wildman–Crippen LogP) is 4.23. The largest absolute Gasteiger partial charge is 0.497 e. The highest BCUT2D eigenvalue weighted by Gasteiger charge is 2.30. The number of methoxy groups -OCH3 is 1. The van der Waals surface area contributed by atoms with E-state index in [-0.39, 0.29) is 11.8 Å². The standard InChI is InChI=1S/C22H21N5O3/c1-3-23-20-15-10-24-19(27-21(28)12-4-5-12)9-14(15)16(11-25-20)22-26-17-8-13(29-2)6-7-18(17)30-22/h6-12H,3-5H2,1-2H3,(H,23,25)(H,24,27,28). The third-order valence-corrected chi connectivity index (χ3v) is 5.14. The molecule has 1 saturated carbocycles. The number of fused-ring (bicyclic) bond motifs is 2. The van der Waals surface area contributed by atoms with Crippen LogP contribution in [0, 0.1) is 5.92 Å². The average molecular weight is 403 g/mol. The monoisotopic (exact) mass is 403 g/mol. The molecule has 0 atom stereocenters. The Bertz CT molecular complexity index is 1260. The highest BCUT2D eigenvalue weighted by Crippen LogP contribution is 2.35. The Balaban J connectivity index is 1.64. The summed E-state index contributed by atoms with van der Waals surface area (Å²) in [6.07, 6.45) is 5.32. The van der Waals surface area contributed by atoms with Crippen molar-refractivity contribution in [2.45, 2.75) is 19.8 Å². The predicted molar refractivity (Wildman–Crippen MR) is 115 cm³/mol. The molecule has 4 aromatic rings. The fraction of sp³-hybridized carbons (Fsp3) is 0.273. The zero-order valence-corrected chi connectivity index (χ0v) is 16.7. The number of hydrogen-bond donors (Lipinski definition) is 2. The maximum atomic E-state index is 12.2. The Morgan fingerprint density at radius 1 is 1.20 bits per heavy atom. The Morgan fingerprint density at radius 3 is 2.83 bits per heavy atom. The van der Waals surface area contributed by atoms with Crippen LogP contribution < -0.4 is 15.4 Å². The van der Waals surface area contributed by atoms with Gasteiger partial charge in [-0.3, -0.25) is 4.79 Å². The summed E-state index contributed by atoms with van der Waals surface area (Å²) in [7, 11) is 1.61. The van der Waals surface area contributed by atoms with E-state index in [4.69, 9.17) is 9.15 Å². The van der Waals surface area contributed by atoms with Crippen LogP contribution in [-0.2, 0) is 4.79 Å². The van der Waals surface area contributed by atoms with Crippen molar-refractivity contribution >= 4 is 39.4 Å². The molecule has 0 spiro atoms. The number of ether oxygens (including phenoxy) is 1. The molecule has 1 aliphatic carbocycles. The highest BCUT2D eigenvalue weighted by molar-refractivity contribution is 6.03. The number of nitrogens with one attached hydrogen (secondary N) is 2. The van der Waals surface area contributed by atoms with Crippen molar-refractivity contribution < 1.29 is 13.9 Å². The number of benzene rings is 1. The van der Waals surface area contributed by atoms with Gasteiger partial charge in [0.1, 0.15) is 22.9 Å². The van der Waals surface area contributed by atoms with Crippen LogP contribution >= 0.6 is 0 Å². The van der Waals surface area contributed by atoms with Gasteiger partial charge in [-0.25, -0.2) is 15.0 Å². The second kappa shape index (κ2) is 7.29. The molecule has 30 heavy (non-hydrogen) atoms. The first-order chi connectivity index (χ1) is 14.7. The molecule has 3 heterocycles. The van der Waals surface area contributed by atoms with E-state index < -0.39 is 0 Å². The number of hydrogen-bond acceptors (Lipinski definition) is 7. The lowest BCUT2D eigenvalue weighted by Gasteiger charge is -2.11. The summed E-state index contributed by atoms with van der Waals surface area (Å²) in [6.45, 7) is 2.73. The molecular formula is C22H21N5O3. The number of amides is 1. The van der Waals surface area contributed by atoms with E-state index in [1.807, 2.05) is 31.2 Å². The number of carbonyl (C=O) groups excluding carboxylic acids is 1. The molecule has 8 nitrogen and oxygen atoms in total. The van der Waals surface area contributed by atoms with Crippen LogP contribution in [0.4, 0.5) is 11.6 Å². The first kappa shape index (κ1) is 18.4. The Hall–Kier alpha value is -3.68. The maximum absolute atomic E-state index is 12.2. The lowest BCUT2D eigenvalue weighted by Crippen LogP contribution is -2.14. The van der Waals surface area contributed by atoms with Crippen molar-refractivity contribution in [2.24, 2.45) is 5.92 Å². The van der Waals surface area contributed by atoms with E-state index in [2.05, 4.69) is 25.6 Å². The van der Waals surface area contributed by atoms with Crippen LogP contribution in [0.1, 0.15) is 19.8 Å². The van der Waals surface area contributed by atoms with E-state index in [9.17, 15) is 4.79 Å². The molecule has 2 N–H and O–H groups in total. The average Bonchev–Trinajstić information content (AvgIpc) is 3.53. The summed E-state index contributed by atoms with van der Waals surface area (Å²) >= 11 is 0. The number of anilines is 2. The quantitative estimate of drug-likeness (QED) is 0.497. The van der Waals surface area contributed by atoms with Crippen LogP contribution in [0.2, 0.25) is 0 Å². The minimum Gasteiger partial charge on any atom is -0.497 e. The topological polar surface area (TPSA) is 102 Å². The Morgan fingerprint density at radius 2 is 2.07 bits per heavy atom. The second-order valence-electron chi connectivity index (χ2n) is 7.28. The normalized spacial score (nSPS) is 13.5. The van der Waals surface area contributed by atoms with Gasteiger partial charge in [0.15, 0.2) is 5.58 Å². The molecule has 0 unspecified atom stereocenters. The fourth-order valence-corrected chi connectivity index (χ4v) is 3.41. The molecule has 1 aromatic carbocycles. The van der Waals surface area contributed by atoms with E-state index in [1.54, 1.807) is 19.5 Å². The molecule has 8 heteroatoms. The van der Waals surface area contributed by atoms with Gasteiger partial charge in [0.2, 0.25) is 11.8 Å². The summed E-state index contributed by atoms with van der Waals surface area (Å²) in [5.74, 6) is 2.50. The smallest absolute Gasteiger partial charge is 0.229 e. The van der Waals surface area contributed by atoms with Crippen LogP contribution in [0.25, 0.3) is 33.3 Å². The van der Waals surface area contributed by atoms with Gasteiger partial charge in [-0.1, -0.05) is 0 Å². The van der Waals surface area contributed by atoms with Crippen LogP contribution in [0.5, 0.6) is 5.75 Å². The molecule has 0 aliphatic heterocycles. The zero-order chi connectivity index (χ0) is 20.7. The van der Waals surface area contributed by atoms with Crippen molar-refractivity contribution in [3.05, 3.63) is 36.7 Å². The molecule has 1 amide bonds. The van der Waals surface area contributed by atoms with Gasteiger partial charge in [-0.15, -0.1) is 0 Å². The number of rotatable bonds is 6. The molecule has 152 valence electrons. The zero-order valence-electron chi connectivity index (χ0n) is 16.7. The first-order valence-corrected chi connectivity index (χ1v) is 9.94. The highest BCUT2D eigenvalue weighted by atomic mass is 16.5. The van der Waals surface area contributed by atoms with E-state index in [1.165, 1.54) is 0 Å². The van der Waals surface area contributed by atoms with Gasteiger partial charge in [-0.05, 0) is 38.0 Å². The number of pyridine rings is 2. The summed E-state index contributed by atoms with van der Waals surface area (Å²) in [4.78, 5) is 25.8. The van der Waals surface area contributed by atoms with Crippen LogP contribution in [0.15, 0.2) is 41.1 Å². The molecule has 1 aliphatic rings. The summed E-state index contributed by atoms with van der Waals surface area (Å²) in [5, 5.41) is 7.84. The van der Waals surface area contributed by atoms with Crippen LogP contribution in [-0.4, -0.2) is 34.5 Å². The third-order valence-electron chi connectivity index (χ3n) is 5.14. The summed E-state index contributed by atoms with van der Waals surface area (Å²) < 4.78 is 11.3. The summed E-state index contributed by atoms with van der Waals surface area (Å²) in [5.41, 5.74) is 2.08. The lowest BCUT2D eigenvalue weighted by atomic mass is 10.1. The number of aromatic nitrogens is 3. The third kappa shape index (κ3) is 3.30. The number of carbonyl (C=O) groups is 1. The minimum atomic E-state index is 0.0123. The maximum Gasteiger partial charge on any atom is 0.229 e. The molecular weight excluding hydrogens is 382 g/mol. The molecule has 0 bridgehead atoms. The van der Waals surface area contributed by atoms with E-state index in [0.717, 1.165) is 41.5 Å². The lowest BCUT2D eigenvalue weighted by molar-refractivity contribution is -0.117. The van der Waals surface area contributed by atoms with E-state index in [0.29, 0.717) is 28.6 Å². The van der Waals surface area contributed by atoms with Crippen molar-refractivity contribution in [1.29, 1.82) is 0 Å². The van der Waals surface area contributed by atoms with Gasteiger partial charge in [0.05, 0.1) is 12.7 Å². The molecule has 3 aromatic heterocycles. The van der Waals surface area contributed by atoms with Crippen molar-refractivity contribution in [3.8, 4) is 17.2 Å². The van der Waals surface area contributed by atoms with Gasteiger partial charge in [0.25, 0.3) is 0 Å². The number of nitrogens with zero attached hydrogens (tertiary/aromatic N) is 3. The Kier molecular flexibility index (Phi) is 4.46. The van der Waals surface area contributed by atoms with Gasteiger partial charge in [0, 0.05) is 41.7 Å². The van der Waals surface area contributed by atoms with Crippen molar-refractivity contribution in [3.63, 3.8) is 0 Å². The van der Waals surface area contributed by atoms with Gasteiger partial charge < -0.3 is 19.8 Å².